The molecule has 62 heavy (non-hydrogen) atoms. The molecule has 0 aromatic carbocycles. The van der Waals surface area contributed by atoms with Gasteiger partial charge in [-0.1, -0.05) is 284 Å². The van der Waals surface area contributed by atoms with E-state index in [4.69, 9.17) is 14.2 Å². The molecule has 0 heterocycles. The molecule has 0 bridgehead atoms. The van der Waals surface area contributed by atoms with Gasteiger partial charge in [0, 0.05) is 19.3 Å². The van der Waals surface area contributed by atoms with E-state index in [2.05, 4.69) is 20.8 Å². The van der Waals surface area contributed by atoms with Crippen molar-refractivity contribution in [2.45, 2.75) is 329 Å². The van der Waals surface area contributed by atoms with Crippen LogP contribution in [0.3, 0.4) is 0 Å². The van der Waals surface area contributed by atoms with Crippen molar-refractivity contribution in [2.24, 2.45) is 0 Å². The van der Waals surface area contributed by atoms with Gasteiger partial charge in [0.15, 0.2) is 6.10 Å². The molecule has 0 saturated carbocycles. The average Bonchev–Trinajstić information content (AvgIpc) is 3.27. The highest BCUT2D eigenvalue weighted by Gasteiger charge is 2.19. The molecular weight excluding hydrogens is 769 g/mol. The molecule has 0 rings (SSSR count). The highest BCUT2D eigenvalue weighted by atomic mass is 16.6. The molecular formula is C56H108O6. The van der Waals surface area contributed by atoms with Crippen molar-refractivity contribution in [1.82, 2.24) is 0 Å². The van der Waals surface area contributed by atoms with Crippen molar-refractivity contribution in [2.75, 3.05) is 13.2 Å². The van der Waals surface area contributed by atoms with Crippen LogP contribution in [0.15, 0.2) is 0 Å². The first-order chi connectivity index (χ1) is 30.5. The number of unbranched alkanes of at least 4 members (excludes halogenated alkanes) is 41. The van der Waals surface area contributed by atoms with Crippen molar-refractivity contribution in [3.05, 3.63) is 0 Å². The number of carbonyl (C=O) groups is 3. The lowest BCUT2D eigenvalue weighted by Gasteiger charge is -2.18. The largest absolute Gasteiger partial charge is 0.462 e. The van der Waals surface area contributed by atoms with E-state index in [1.165, 1.54) is 225 Å². The van der Waals surface area contributed by atoms with Gasteiger partial charge in [0.25, 0.3) is 0 Å². The van der Waals surface area contributed by atoms with E-state index >= 15 is 0 Å². The normalized spacial score (nSPS) is 11.9. The number of hydrogen-bond acceptors (Lipinski definition) is 6. The van der Waals surface area contributed by atoms with Crippen LogP contribution in [-0.4, -0.2) is 37.2 Å². The minimum atomic E-state index is -0.760. The fourth-order valence-corrected chi connectivity index (χ4v) is 8.62. The van der Waals surface area contributed by atoms with E-state index in [0.29, 0.717) is 19.3 Å². The fraction of sp³-hybridized carbons (Fsp3) is 0.946. The van der Waals surface area contributed by atoms with E-state index in [-0.39, 0.29) is 31.1 Å². The van der Waals surface area contributed by atoms with Crippen molar-refractivity contribution in [1.29, 1.82) is 0 Å². The van der Waals surface area contributed by atoms with Crippen LogP contribution in [-0.2, 0) is 28.6 Å². The van der Waals surface area contributed by atoms with E-state index in [1.807, 2.05) is 0 Å². The van der Waals surface area contributed by atoms with Gasteiger partial charge in [-0.15, -0.1) is 0 Å². The Hall–Kier alpha value is -1.59. The first-order valence-corrected chi connectivity index (χ1v) is 28.0. The van der Waals surface area contributed by atoms with Gasteiger partial charge in [-0.2, -0.15) is 0 Å². The molecule has 0 amide bonds. The number of esters is 3. The van der Waals surface area contributed by atoms with E-state index in [9.17, 15) is 14.4 Å². The van der Waals surface area contributed by atoms with Gasteiger partial charge < -0.3 is 14.2 Å². The van der Waals surface area contributed by atoms with Gasteiger partial charge in [0.2, 0.25) is 0 Å². The minimum Gasteiger partial charge on any atom is -0.462 e. The fourth-order valence-electron chi connectivity index (χ4n) is 8.62. The first kappa shape index (κ1) is 60.4. The van der Waals surface area contributed by atoms with Crippen LogP contribution >= 0.6 is 0 Å². The van der Waals surface area contributed by atoms with Gasteiger partial charge in [-0.05, 0) is 19.3 Å². The first-order valence-electron chi connectivity index (χ1n) is 28.0. The van der Waals surface area contributed by atoms with Gasteiger partial charge in [0.05, 0.1) is 0 Å². The number of ether oxygens (including phenoxy) is 3. The van der Waals surface area contributed by atoms with Crippen LogP contribution in [0.5, 0.6) is 0 Å². The molecule has 0 aliphatic carbocycles. The van der Waals surface area contributed by atoms with Crippen molar-refractivity contribution < 1.29 is 28.6 Å². The summed E-state index contributed by atoms with van der Waals surface area (Å²) in [6, 6.07) is 0. The standard InChI is InChI=1S/C56H108O6/c1-4-7-10-13-16-19-22-24-26-27-28-29-31-32-34-37-40-43-46-49-55(58)61-52-53(51-60-54(57)48-45-42-39-36-21-18-15-12-9-6-3)62-56(59)50-47-44-41-38-35-33-30-25-23-20-17-14-11-8-5-2/h53H,4-52H2,1-3H3/t53-/m0/s1. The Morgan fingerprint density at radius 1 is 0.258 bits per heavy atom. The third-order valence-corrected chi connectivity index (χ3v) is 12.9. The van der Waals surface area contributed by atoms with Gasteiger partial charge in [-0.3, -0.25) is 14.4 Å². The summed E-state index contributed by atoms with van der Waals surface area (Å²) in [5, 5.41) is 0. The Kier molecular flexibility index (Phi) is 50.7. The molecule has 368 valence electrons. The van der Waals surface area contributed by atoms with Crippen LogP contribution in [0.4, 0.5) is 0 Å². The molecule has 0 aromatic rings. The summed E-state index contributed by atoms with van der Waals surface area (Å²) in [5.74, 6) is -0.837. The van der Waals surface area contributed by atoms with Crippen LogP contribution in [0.25, 0.3) is 0 Å². The second-order valence-electron chi connectivity index (χ2n) is 19.2. The van der Waals surface area contributed by atoms with Gasteiger partial charge in [0.1, 0.15) is 13.2 Å². The number of rotatable bonds is 52. The van der Waals surface area contributed by atoms with Crippen molar-refractivity contribution >= 4 is 17.9 Å². The predicted molar refractivity (Wildman–Crippen MR) is 266 cm³/mol. The molecule has 0 aliphatic heterocycles. The van der Waals surface area contributed by atoms with Crippen molar-refractivity contribution in [3.63, 3.8) is 0 Å². The maximum Gasteiger partial charge on any atom is 0.306 e. The monoisotopic (exact) mass is 877 g/mol. The highest BCUT2D eigenvalue weighted by molar-refractivity contribution is 5.71. The van der Waals surface area contributed by atoms with Crippen molar-refractivity contribution in [3.8, 4) is 0 Å². The lowest BCUT2D eigenvalue weighted by atomic mass is 10.0. The Bertz CT molecular complexity index is 920. The zero-order chi connectivity index (χ0) is 45.1. The summed E-state index contributed by atoms with van der Waals surface area (Å²) in [5.41, 5.74) is 0. The highest BCUT2D eigenvalue weighted by Crippen LogP contribution is 2.17. The molecule has 0 spiro atoms. The zero-order valence-electron chi connectivity index (χ0n) is 42.2. The average molecular weight is 877 g/mol. The SMILES string of the molecule is CCCCCCCCCCCCCCCCCCCCCC(=O)OC[C@H](COC(=O)CCCCCCCCCCCC)OC(=O)CCCCCCCCCCCCCCCCC. The van der Waals surface area contributed by atoms with E-state index in [0.717, 1.165) is 57.8 Å². The third-order valence-electron chi connectivity index (χ3n) is 12.9. The summed E-state index contributed by atoms with van der Waals surface area (Å²) < 4.78 is 16.8. The molecule has 1 atom stereocenters. The molecule has 0 unspecified atom stereocenters. The zero-order valence-corrected chi connectivity index (χ0v) is 42.2. The maximum absolute atomic E-state index is 12.8. The summed E-state index contributed by atoms with van der Waals surface area (Å²) >= 11 is 0. The quantitative estimate of drug-likeness (QED) is 0.0344. The molecule has 0 N–H and O–H groups in total. The Balaban J connectivity index is 4.22. The molecule has 0 aromatic heterocycles. The Morgan fingerprint density at radius 3 is 0.645 bits per heavy atom. The number of carbonyl (C=O) groups excluding carboxylic acids is 3. The summed E-state index contributed by atoms with van der Waals surface area (Å²) in [6.45, 7) is 6.69. The predicted octanol–water partition coefficient (Wildman–Crippen LogP) is 18.4. The Morgan fingerprint density at radius 2 is 0.435 bits per heavy atom. The maximum atomic E-state index is 12.8. The summed E-state index contributed by atoms with van der Waals surface area (Å²) in [4.78, 5) is 38.0. The molecule has 6 nitrogen and oxygen atoms in total. The van der Waals surface area contributed by atoms with Gasteiger partial charge >= 0.3 is 17.9 Å². The second kappa shape index (κ2) is 52.0. The summed E-state index contributed by atoms with van der Waals surface area (Å²) in [7, 11) is 0. The molecule has 6 heteroatoms. The minimum absolute atomic E-state index is 0.0614. The number of hydrogen-bond donors (Lipinski definition) is 0. The van der Waals surface area contributed by atoms with E-state index in [1.54, 1.807) is 0 Å². The topological polar surface area (TPSA) is 78.9 Å². The van der Waals surface area contributed by atoms with Crippen LogP contribution in [0.2, 0.25) is 0 Å². The lowest BCUT2D eigenvalue weighted by Crippen LogP contribution is -2.30. The third kappa shape index (κ3) is 49.4. The van der Waals surface area contributed by atoms with E-state index < -0.39 is 6.10 Å². The van der Waals surface area contributed by atoms with Gasteiger partial charge in [-0.25, -0.2) is 0 Å². The summed E-state index contributed by atoms with van der Waals surface area (Å²) in [6.07, 6.45) is 56.7. The molecule has 0 fully saturated rings. The smallest absolute Gasteiger partial charge is 0.306 e. The van der Waals surface area contributed by atoms with Crippen LogP contribution < -0.4 is 0 Å². The molecule has 0 radical (unpaired) electrons. The van der Waals surface area contributed by atoms with Crippen LogP contribution in [0, 0.1) is 0 Å². The molecule has 0 aliphatic rings. The Labute approximate surface area is 387 Å². The molecule has 0 saturated heterocycles. The van der Waals surface area contributed by atoms with Crippen LogP contribution in [0.1, 0.15) is 323 Å². The second-order valence-corrected chi connectivity index (χ2v) is 19.2. The lowest BCUT2D eigenvalue weighted by molar-refractivity contribution is -0.167.